The molecule has 2 aromatic carbocycles. The molecule has 0 bridgehead atoms. The summed E-state index contributed by atoms with van der Waals surface area (Å²) in [5, 5.41) is 35.0. The van der Waals surface area contributed by atoms with Crippen molar-refractivity contribution in [2.24, 2.45) is 0 Å². The molecule has 166 valence electrons. The molecular formula is C20H14N6O2S5. The Morgan fingerprint density at radius 2 is 1.15 bits per heavy atom. The molecule has 0 spiro atoms. The molecule has 1 heterocycles. The first-order valence-electron chi connectivity index (χ1n) is 9.06. The van der Waals surface area contributed by atoms with Crippen molar-refractivity contribution in [2.45, 2.75) is 18.5 Å². The van der Waals surface area contributed by atoms with Gasteiger partial charge in [0.05, 0.1) is 11.5 Å². The fourth-order valence-electron chi connectivity index (χ4n) is 2.28. The monoisotopic (exact) mass is 530 g/mol. The topological polar surface area (TPSA) is 132 Å². The first kappa shape index (κ1) is 25.0. The highest BCUT2D eigenvalue weighted by molar-refractivity contribution is 8.04. The normalized spacial score (nSPS) is 10.1. The average Bonchev–Trinajstić information content (AvgIpc) is 3.27. The predicted molar refractivity (Wildman–Crippen MR) is 134 cm³/mol. The van der Waals surface area contributed by atoms with Crippen LogP contribution in [0.5, 0.6) is 0 Å². The zero-order chi connectivity index (χ0) is 23.5. The van der Waals surface area contributed by atoms with Crippen molar-refractivity contribution in [1.82, 2.24) is 10.2 Å². The average molecular weight is 531 g/mol. The lowest BCUT2D eigenvalue weighted by atomic mass is 10.3. The van der Waals surface area contributed by atoms with Crippen LogP contribution in [0.3, 0.4) is 0 Å². The Labute approximate surface area is 210 Å². The van der Waals surface area contributed by atoms with Crippen LogP contribution in [0.15, 0.2) is 67.0 Å². The van der Waals surface area contributed by atoms with Gasteiger partial charge in [-0.2, -0.15) is 10.5 Å². The van der Waals surface area contributed by atoms with E-state index < -0.39 is 0 Å². The largest absolute Gasteiger partial charge is 0.325 e. The van der Waals surface area contributed by atoms with Gasteiger partial charge in [-0.05, 0) is 72.1 Å². The van der Waals surface area contributed by atoms with Crippen molar-refractivity contribution in [1.29, 1.82) is 10.5 Å². The summed E-state index contributed by atoms with van der Waals surface area (Å²) in [6.45, 7) is 0. The first-order valence-corrected chi connectivity index (χ1v) is 13.5. The lowest BCUT2D eigenvalue weighted by Crippen LogP contribution is -2.13. The van der Waals surface area contributed by atoms with Crippen molar-refractivity contribution >= 4 is 81.6 Å². The molecule has 0 radical (unpaired) electrons. The van der Waals surface area contributed by atoms with E-state index >= 15 is 0 Å². The van der Waals surface area contributed by atoms with Crippen molar-refractivity contribution in [3.63, 3.8) is 0 Å². The van der Waals surface area contributed by atoms with Gasteiger partial charge in [-0.3, -0.25) is 9.59 Å². The second-order valence-corrected chi connectivity index (χ2v) is 11.1. The first-order chi connectivity index (χ1) is 16.1. The van der Waals surface area contributed by atoms with E-state index in [1.165, 1.54) is 34.9 Å². The van der Waals surface area contributed by atoms with E-state index in [0.29, 0.717) is 20.1 Å². The molecule has 0 unspecified atom stereocenters. The highest BCUT2D eigenvalue weighted by atomic mass is 32.2. The number of nitrogens with zero attached hydrogens (tertiary/aromatic N) is 4. The van der Waals surface area contributed by atoms with Crippen LogP contribution in [0, 0.1) is 21.3 Å². The number of thiocyanates is 2. The molecule has 0 aliphatic rings. The summed E-state index contributed by atoms with van der Waals surface area (Å²) in [5.74, 6) is -0.00401. The molecule has 0 saturated heterocycles. The van der Waals surface area contributed by atoms with E-state index in [2.05, 4.69) is 20.8 Å². The fourth-order valence-corrected chi connectivity index (χ4v) is 5.66. The minimum Gasteiger partial charge on any atom is -0.325 e. The molecule has 13 heteroatoms. The van der Waals surface area contributed by atoms with Crippen molar-refractivity contribution < 1.29 is 9.59 Å². The summed E-state index contributed by atoms with van der Waals surface area (Å²) in [6, 6.07) is 14.0. The van der Waals surface area contributed by atoms with Crippen LogP contribution in [0.2, 0.25) is 0 Å². The molecule has 0 fully saturated rings. The summed E-state index contributed by atoms with van der Waals surface area (Å²) >= 11 is 5.98. The fraction of sp³-hybridized carbons (Fsp3) is 0.100. The van der Waals surface area contributed by atoms with Crippen molar-refractivity contribution in [2.75, 3.05) is 22.1 Å². The summed E-state index contributed by atoms with van der Waals surface area (Å²) in [7, 11) is 0. The number of benzene rings is 2. The highest BCUT2D eigenvalue weighted by Crippen LogP contribution is 2.29. The number of aromatic nitrogens is 2. The lowest BCUT2D eigenvalue weighted by molar-refractivity contribution is -0.114. The molecule has 0 aliphatic carbocycles. The minimum absolute atomic E-state index is 0.175. The van der Waals surface area contributed by atoms with Crippen LogP contribution in [0.1, 0.15) is 0 Å². The summed E-state index contributed by atoms with van der Waals surface area (Å²) < 4.78 is 1.28. The number of anilines is 2. The maximum atomic E-state index is 12.1. The van der Waals surface area contributed by atoms with Crippen LogP contribution in [-0.2, 0) is 9.59 Å². The molecule has 1 aromatic heterocycles. The van der Waals surface area contributed by atoms with E-state index in [9.17, 15) is 9.59 Å². The highest BCUT2D eigenvalue weighted by Gasteiger charge is 2.11. The SMILES string of the molecule is N#CSc1ccc(NC(=O)CSc2nnc(SCC(=O)Nc3ccc(SC#N)cc3)s2)cc1. The smallest absolute Gasteiger partial charge is 0.234 e. The van der Waals surface area contributed by atoms with Crippen molar-refractivity contribution in [3.05, 3.63) is 48.5 Å². The number of thioether (sulfide) groups is 4. The van der Waals surface area contributed by atoms with Gasteiger partial charge < -0.3 is 10.6 Å². The lowest BCUT2D eigenvalue weighted by Gasteiger charge is -2.04. The maximum absolute atomic E-state index is 12.1. The Morgan fingerprint density at radius 1 is 0.758 bits per heavy atom. The molecule has 8 nitrogen and oxygen atoms in total. The van der Waals surface area contributed by atoms with Crippen LogP contribution >= 0.6 is 58.4 Å². The molecule has 0 aliphatic heterocycles. The van der Waals surface area contributed by atoms with E-state index in [1.807, 2.05) is 10.8 Å². The van der Waals surface area contributed by atoms with Gasteiger partial charge in [0, 0.05) is 21.2 Å². The van der Waals surface area contributed by atoms with Crippen molar-refractivity contribution in [3.8, 4) is 10.8 Å². The standard InChI is InChI=1S/C20H14N6O2S5/c21-11-31-15-5-1-13(2-6-15)23-17(27)9-29-19-25-26-20(33-19)30-10-18(28)24-14-3-7-16(8-4-14)32-12-22/h1-8H,9-10H2,(H,23,27)(H,24,28). The quantitative estimate of drug-likeness (QED) is 0.268. The Morgan fingerprint density at radius 3 is 1.52 bits per heavy atom. The van der Waals surface area contributed by atoms with Gasteiger partial charge in [-0.1, -0.05) is 34.9 Å². The zero-order valence-corrected chi connectivity index (χ0v) is 20.8. The van der Waals surface area contributed by atoms with Gasteiger partial charge in [-0.15, -0.1) is 10.2 Å². The molecule has 3 aromatic rings. The maximum Gasteiger partial charge on any atom is 0.234 e. The van der Waals surface area contributed by atoms with Gasteiger partial charge in [0.15, 0.2) is 8.68 Å². The second kappa shape index (κ2) is 13.1. The van der Waals surface area contributed by atoms with E-state index in [-0.39, 0.29) is 23.3 Å². The molecule has 3 rings (SSSR count). The molecule has 0 atom stereocenters. The van der Waals surface area contributed by atoms with Gasteiger partial charge in [-0.25, -0.2) is 0 Å². The third kappa shape index (κ3) is 8.64. The van der Waals surface area contributed by atoms with Gasteiger partial charge in [0.1, 0.15) is 10.8 Å². The minimum atomic E-state index is -0.177. The molecule has 2 N–H and O–H groups in total. The zero-order valence-electron chi connectivity index (χ0n) is 16.7. The Hall–Kier alpha value is -2.68. The van der Waals surface area contributed by atoms with Gasteiger partial charge in [0.25, 0.3) is 0 Å². The Bertz CT molecular complexity index is 1090. The van der Waals surface area contributed by atoms with E-state index in [1.54, 1.807) is 48.5 Å². The molecular weight excluding hydrogens is 517 g/mol. The summed E-state index contributed by atoms with van der Waals surface area (Å²) in [6.07, 6.45) is 0. The van der Waals surface area contributed by atoms with Gasteiger partial charge in [0.2, 0.25) is 11.8 Å². The Balaban J connectivity index is 1.39. The molecule has 2 amide bonds. The second-order valence-electron chi connectivity index (χ2n) is 5.94. The van der Waals surface area contributed by atoms with E-state index in [4.69, 9.17) is 10.5 Å². The summed E-state index contributed by atoms with van der Waals surface area (Å²) in [4.78, 5) is 25.9. The van der Waals surface area contributed by atoms with Crippen LogP contribution in [0.25, 0.3) is 0 Å². The molecule has 0 saturated carbocycles. The number of carbonyl (C=O) groups excluding carboxylic acids is 2. The number of hydrogen-bond donors (Lipinski definition) is 2. The number of nitrogens with one attached hydrogen (secondary N) is 2. The Kier molecular flexibility index (Phi) is 9.93. The van der Waals surface area contributed by atoms with Gasteiger partial charge >= 0.3 is 0 Å². The van der Waals surface area contributed by atoms with Crippen LogP contribution < -0.4 is 10.6 Å². The van der Waals surface area contributed by atoms with Crippen LogP contribution in [-0.4, -0.2) is 33.5 Å². The number of nitriles is 2. The number of rotatable bonds is 10. The summed E-state index contributed by atoms with van der Waals surface area (Å²) in [5.41, 5.74) is 1.31. The number of hydrogen-bond acceptors (Lipinski definition) is 11. The van der Waals surface area contributed by atoms with Crippen LogP contribution in [0.4, 0.5) is 11.4 Å². The van der Waals surface area contributed by atoms with E-state index in [0.717, 1.165) is 33.3 Å². The third-order valence-corrected chi connectivity index (χ3v) is 8.03. The predicted octanol–water partition coefficient (Wildman–Crippen LogP) is 5.15. The number of carbonyl (C=O) groups is 2. The number of amides is 2. The molecule has 33 heavy (non-hydrogen) atoms. The third-order valence-electron chi connectivity index (χ3n) is 3.64.